The lowest BCUT2D eigenvalue weighted by Crippen LogP contribution is -2.38. The first kappa shape index (κ1) is 21.2. The van der Waals surface area contributed by atoms with Gasteiger partial charge in [0.1, 0.15) is 6.04 Å². The first-order valence-corrected chi connectivity index (χ1v) is 11.6. The van der Waals surface area contributed by atoms with Crippen molar-refractivity contribution >= 4 is 34.4 Å². The molecule has 1 fully saturated rings. The second-order valence-electron chi connectivity index (χ2n) is 9.20. The molecule has 4 amide bonds. The number of hydrogen-bond donors (Lipinski definition) is 3. The Morgan fingerprint density at radius 1 is 1.12 bits per heavy atom. The number of para-hydroxylation sites is 1. The molecule has 1 saturated heterocycles. The van der Waals surface area contributed by atoms with Crippen LogP contribution in [0, 0.1) is 0 Å². The van der Waals surface area contributed by atoms with Gasteiger partial charge >= 0.3 is 6.03 Å². The molecule has 7 nitrogen and oxygen atoms in total. The number of aryl methyl sites for hydroxylation is 1. The Bertz CT molecular complexity index is 1230. The molecule has 2 heterocycles. The maximum absolute atomic E-state index is 12.9. The molecule has 1 aliphatic carbocycles. The number of urea groups is 1. The zero-order valence-corrected chi connectivity index (χ0v) is 18.9. The van der Waals surface area contributed by atoms with Gasteiger partial charge in [0.15, 0.2) is 0 Å². The van der Waals surface area contributed by atoms with Crippen LogP contribution in [-0.4, -0.2) is 28.9 Å². The molecule has 0 bridgehead atoms. The van der Waals surface area contributed by atoms with Crippen molar-refractivity contribution in [1.29, 1.82) is 0 Å². The average Bonchev–Trinajstić information content (AvgIpc) is 3.31. The predicted octanol–water partition coefficient (Wildman–Crippen LogP) is 4.30. The van der Waals surface area contributed by atoms with Gasteiger partial charge in [0.05, 0.1) is 18.2 Å². The normalized spacial score (nSPS) is 20.3. The molecule has 1 aliphatic heterocycles. The van der Waals surface area contributed by atoms with Crippen molar-refractivity contribution < 1.29 is 14.4 Å². The summed E-state index contributed by atoms with van der Waals surface area (Å²) in [6.45, 7) is 4.17. The Hall–Kier alpha value is -3.61. The van der Waals surface area contributed by atoms with Gasteiger partial charge < -0.3 is 15.6 Å². The monoisotopic (exact) mass is 444 g/mol. The number of aromatic nitrogens is 1. The molecule has 3 aromatic rings. The Kier molecular flexibility index (Phi) is 5.40. The summed E-state index contributed by atoms with van der Waals surface area (Å²) in [6.07, 6.45) is 2.72. The number of carbonyl (C=O) groups excluding carboxylic acids is 3. The molecule has 1 aromatic heterocycles. The largest absolute Gasteiger partial charge is 0.356 e. The third-order valence-corrected chi connectivity index (χ3v) is 6.68. The fourth-order valence-electron chi connectivity index (χ4n) is 4.92. The smallest absolute Gasteiger partial charge is 0.329 e. The lowest BCUT2D eigenvalue weighted by atomic mass is 9.91. The van der Waals surface area contributed by atoms with Crippen LogP contribution in [0.4, 0.5) is 10.5 Å². The minimum Gasteiger partial charge on any atom is -0.356 e. The van der Waals surface area contributed by atoms with Crippen molar-refractivity contribution in [3.63, 3.8) is 0 Å². The van der Waals surface area contributed by atoms with Crippen LogP contribution < -0.4 is 15.5 Å². The van der Waals surface area contributed by atoms with E-state index in [1.807, 2.05) is 30.3 Å². The van der Waals surface area contributed by atoms with E-state index in [4.69, 9.17) is 0 Å². The minimum atomic E-state index is -0.868. The predicted molar refractivity (Wildman–Crippen MR) is 127 cm³/mol. The van der Waals surface area contributed by atoms with Crippen molar-refractivity contribution in [3.8, 4) is 0 Å². The molecule has 170 valence electrons. The van der Waals surface area contributed by atoms with Gasteiger partial charge in [0.25, 0.3) is 5.91 Å². The number of nitrogens with one attached hydrogen (secondary N) is 3. The molecule has 5 rings (SSSR count). The van der Waals surface area contributed by atoms with Gasteiger partial charge in [-0.2, -0.15) is 0 Å². The summed E-state index contributed by atoms with van der Waals surface area (Å²) >= 11 is 0. The van der Waals surface area contributed by atoms with Crippen LogP contribution in [0.5, 0.6) is 0 Å². The van der Waals surface area contributed by atoms with Crippen LogP contribution in [0.1, 0.15) is 61.9 Å². The zero-order chi connectivity index (χ0) is 23.1. The van der Waals surface area contributed by atoms with Gasteiger partial charge in [-0.3, -0.25) is 9.59 Å². The standard InChI is InChI=1S/C26H28N4O3/c1-15(2)16-10-12-17(13-11-16)30-25(32)22(29-26(30)33)14-23(31)27-21-9-5-7-19-18-6-3-4-8-20(18)28-24(19)21/h3-4,6,8,10-13,15,21-22,28H,5,7,9,14H2,1-2H3,(H,27,31)(H,29,33)/t21?,22-/m0/s1. The number of H-pyrrole nitrogens is 1. The SMILES string of the molecule is CC(C)c1ccc(N2C(=O)N[C@@H](CC(=O)NC3CCCc4c3[nH]c3ccccc43)C2=O)cc1. The van der Waals surface area contributed by atoms with E-state index < -0.39 is 18.0 Å². The van der Waals surface area contributed by atoms with E-state index >= 15 is 0 Å². The Labute approximate surface area is 192 Å². The third kappa shape index (κ3) is 3.88. The highest BCUT2D eigenvalue weighted by Gasteiger charge is 2.40. The number of anilines is 1. The van der Waals surface area contributed by atoms with E-state index in [-0.39, 0.29) is 18.4 Å². The fraction of sp³-hybridized carbons (Fsp3) is 0.346. The maximum atomic E-state index is 12.9. The quantitative estimate of drug-likeness (QED) is 0.512. The first-order chi connectivity index (χ1) is 15.9. The van der Waals surface area contributed by atoms with Crippen molar-refractivity contribution in [1.82, 2.24) is 15.6 Å². The summed E-state index contributed by atoms with van der Waals surface area (Å²) in [5.74, 6) is -0.291. The summed E-state index contributed by atoms with van der Waals surface area (Å²) in [5.41, 5.74) is 5.01. The Morgan fingerprint density at radius 2 is 1.88 bits per heavy atom. The molecule has 0 saturated carbocycles. The van der Waals surface area contributed by atoms with Gasteiger partial charge in [0, 0.05) is 16.6 Å². The number of carbonyl (C=O) groups is 3. The molecule has 3 N–H and O–H groups in total. The summed E-state index contributed by atoms with van der Waals surface area (Å²) < 4.78 is 0. The Morgan fingerprint density at radius 3 is 2.64 bits per heavy atom. The number of imide groups is 1. The van der Waals surface area contributed by atoms with Crippen LogP contribution in [0.25, 0.3) is 10.9 Å². The Balaban J connectivity index is 1.27. The number of nitrogens with zero attached hydrogens (tertiary/aromatic N) is 1. The van der Waals surface area contributed by atoms with Gasteiger partial charge in [-0.05, 0) is 54.5 Å². The zero-order valence-electron chi connectivity index (χ0n) is 18.9. The second-order valence-corrected chi connectivity index (χ2v) is 9.20. The van der Waals surface area contributed by atoms with E-state index in [1.165, 1.54) is 10.9 Å². The number of hydrogen-bond acceptors (Lipinski definition) is 3. The summed E-state index contributed by atoms with van der Waals surface area (Å²) in [6, 6.07) is 14.1. The number of aromatic amines is 1. The average molecular weight is 445 g/mol. The van der Waals surface area contributed by atoms with Gasteiger partial charge in [-0.15, -0.1) is 0 Å². The highest BCUT2D eigenvalue weighted by atomic mass is 16.2. The van der Waals surface area contributed by atoms with Crippen LogP contribution in [0.3, 0.4) is 0 Å². The molecule has 7 heteroatoms. The lowest BCUT2D eigenvalue weighted by Gasteiger charge is -2.24. The summed E-state index contributed by atoms with van der Waals surface area (Å²) in [7, 11) is 0. The van der Waals surface area contributed by atoms with Crippen molar-refractivity contribution in [3.05, 3.63) is 65.4 Å². The molecule has 2 atom stereocenters. The molecular weight excluding hydrogens is 416 g/mol. The minimum absolute atomic E-state index is 0.0861. The number of benzene rings is 2. The highest BCUT2D eigenvalue weighted by molar-refractivity contribution is 6.22. The molecular formula is C26H28N4O3. The number of fused-ring (bicyclic) bond motifs is 3. The topological polar surface area (TPSA) is 94.3 Å². The molecule has 2 aliphatic rings. The van der Waals surface area contributed by atoms with Crippen molar-refractivity contribution in [2.75, 3.05) is 4.90 Å². The van der Waals surface area contributed by atoms with Crippen molar-refractivity contribution in [2.45, 2.75) is 57.5 Å². The fourth-order valence-corrected chi connectivity index (χ4v) is 4.92. The highest BCUT2D eigenvalue weighted by Crippen LogP contribution is 2.34. The summed E-state index contributed by atoms with van der Waals surface area (Å²) in [4.78, 5) is 42.9. The van der Waals surface area contributed by atoms with E-state index in [0.29, 0.717) is 11.6 Å². The van der Waals surface area contributed by atoms with E-state index in [1.54, 1.807) is 12.1 Å². The third-order valence-electron chi connectivity index (χ3n) is 6.68. The van der Waals surface area contributed by atoms with E-state index in [9.17, 15) is 14.4 Å². The molecule has 0 spiro atoms. The summed E-state index contributed by atoms with van der Waals surface area (Å²) in [5, 5.41) is 6.95. The number of amides is 4. The van der Waals surface area contributed by atoms with Crippen LogP contribution in [0.15, 0.2) is 48.5 Å². The lowest BCUT2D eigenvalue weighted by molar-refractivity contribution is -0.126. The van der Waals surface area contributed by atoms with Gasteiger partial charge in [-0.25, -0.2) is 9.69 Å². The number of rotatable bonds is 5. The van der Waals surface area contributed by atoms with Gasteiger partial charge in [-0.1, -0.05) is 44.2 Å². The molecule has 0 radical (unpaired) electrons. The van der Waals surface area contributed by atoms with E-state index in [0.717, 1.165) is 40.9 Å². The van der Waals surface area contributed by atoms with Crippen LogP contribution >= 0.6 is 0 Å². The first-order valence-electron chi connectivity index (χ1n) is 11.6. The maximum Gasteiger partial charge on any atom is 0.329 e. The van der Waals surface area contributed by atoms with Crippen LogP contribution in [0.2, 0.25) is 0 Å². The van der Waals surface area contributed by atoms with Crippen LogP contribution in [-0.2, 0) is 16.0 Å². The van der Waals surface area contributed by atoms with Crippen molar-refractivity contribution in [2.24, 2.45) is 0 Å². The molecule has 33 heavy (non-hydrogen) atoms. The molecule has 2 aromatic carbocycles. The second kappa shape index (κ2) is 8.39. The van der Waals surface area contributed by atoms with Gasteiger partial charge in [0.2, 0.25) is 5.91 Å². The van der Waals surface area contributed by atoms with E-state index in [2.05, 4.69) is 35.5 Å². The molecule has 1 unspecified atom stereocenters.